The molecule has 0 unspecified atom stereocenters. The van der Waals surface area contributed by atoms with Crippen molar-refractivity contribution in [2.45, 2.75) is 25.7 Å². The number of nitrogens with one attached hydrogen (secondary N) is 6. The molecule has 32 nitrogen and oxygen atoms in total. The molecule has 0 aliphatic carbocycles. The first-order valence-electron chi connectivity index (χ1n) is 34.5. The van der Waals surface area contributed by atoms with Gasteiger partial charge in [0.25, 0.3) is 23.6 Å². The maximum Gasteiger partial charge on any atom is 0.302 e. The standard InChI is InChI=1S/C27H26N2.C16H20N4.C14H15N3O.C9H11N3O2.C8H10N4O2.C3H8N4O2.C3H7N3O2/c28-26-13-9-24(10-14-26)18-22-5-1-20(2-6-22)17-21-3-7-23(8-4-21)19-25-11-15-27(29)16-12-25;17-13-1-5-15(6-2-13)19-9-11-20(12-10-19)16-7-3-14(18)4-8-16;1-17(13-8-6-12(16)7-9-13)14(18)10-2-4-11(15)5-3-10;10-5-8(13)6-1-3-7(4-2-6)9(14)12-11;9-11-7(13)5-2-1-3-6(4-5)8(14)12-10;4-6-2(8)1-3(9)7-5;4-1-2(7)3(8)6-5/h1-16H,17-19,28-29H2;1-8H,9-12,17-18H2;2-9H,15-16H2,1H3;1-4H,5,10-11H2,(H,12,14);1-4H,9-10H2,(H,11,13)(H,12,14);1,4-5H2,(H,6,8)(H,7,9);1,4-5H2,(H,6,8). The Morgan fingerprint density at radius 3 is 0.911 bits per heavy atom. The Kier molecular flexibility index (Phi) is 37.1. The number of nitrogens with zero attached hydrogens (tertiary/aromatic N) is 3. The van der Waals surface area contributed by atoms with Crippen LogP contribution < -0.4 is 128 Å². The molecule has 1 heterocycles. The average Bonchev–Trinajstić information content (AvgIpc) is 0.763. The van der Waals surface area contributed by atoms with Crippen LogP contribution >= 0.6 is 0 Å². The van der Waals surface area contributed by atoms with Gasteiger partial charge in [0.05, 0.1) is 13.1 Å². The number of piperazine rings is 1. The monoisotopic (exact) mass is 1520 g/mol. The molecule has 0 aromatic heterocycles. The normalized spacial score (nSPS) is 10.8. The Bertz CT molecular complexity index is 4400. The van der Waals surface area contributed by atoms with Gasteiger partial charge >= 0.3 is 5.91 Å². The molecule has 0 bridgehead atoms. The predicted octanol–water partition coefficient (Wildman–Crippen LogP) is 3.11. The number of nitrogen functional groups attached to an aromatic ring is 9. The molecule has 34 N–H and O–H groups in total. The molecule has 0 atom stereocenters. The van der Waals surface area contributed by atoms with E-state index in [1.807, 2.05) is 76.9 Å². The van der Waals surface area contributed by atoms with Crippen LogP contribution in [0.15, 0.2) is 243 Å². The van der Waals surface area contributed by atoms with Crippen LogP contribution in [-0.4, -0.2) is 99.2 Å². The summed E-state index contributed by atoms with van der Waals surface area (Å²) in [6.45, 7) is 3.75. The van der Waals surface area contributed by atoms with Crippen molar-refractivity contribution in [2.75, 3.05) is 95.4 Å². The summed E-state index contributed by atoms with van der Waals surface area (Å²) >= 11 is 0. The fourth-order valence-corrected chi connectivity index (χ4v) is 10.2. The van der Waals surface area contributed by atoms with E-state index in [1.165, 1.54) is 75.1 Å². The minimum atomic E-state index is -0.854. The third kappa shape index (κ3) is 30.6. The average molecular weight is 1520 g/mol. The third-order valence-electron chi connectivity index (χ3n) is 16.4. The van der Waals surface area contributed by atoms with E-state index in [1.54, 1.807) is 82.8 Å². The predicted molar refractivity (Wildman–Crippen MR) is 440 cm³/mol. The molecule has 32 heteroatoms. The number of amides is 7. The molecular formula is C80H97N23O9. The number of hydrazine groups is 6. The zero-order valence-corrected chi connectivity index (χ0v) is 61.8. The Balaban J connectivity index is 0.000000243. The van der Waals surface area contributed by atoms with E-state index in [9.17, 15) is 43.2 Å². The van der Waals surface area contributed by atoms with Crippen LogP contribution in [0.2, 0.25) is 0 Å². The van der Waals surface area contributed by atoms with Crippen molar-refractivity contribution in [1.82, 2.24) is 32.6 Å². The lowest BCUT2D eigenvalue weighted by Gasteiger charge is -2.37. The SMILES string of the molecule is CN(C(=O)c1ccc(N)cc1)c1ccc(N)cc1.NCC(=O)C(=O)NN.NCC(=O)c1ccc(C(=O)NN)cc1.NNC(=O)CC(=O)NN.NNC(=O)c1cccc(C(=O)NN)c1.Nc1ccc(Cc2ccc(Cc3ccc(Cc4ccc(N)cc4)cc3)cc2)cc1.Nc1ccc(N2CCN(c3ccc(N)cc3)CC2)cc1. The molecule has 112 heavy (non-hydrogen) atoms. The minimum absolute atomic E-state index is 0.0393. The topological polar surface area (TPSA) is 600 Å². The van der Waals surface area contributed by atoms with Crippen molar-refractivity contribution in [1.29, 1.82) is 0 Å². The van der Waals surface area contributed by atoms with Gasteiger partial charge in [-0.25, -0.2) is 35.1 Å². The summed E-state index contributed by atoms with van der Waals surface area (Å²) in [5.74, 6) is 24.4. The van der Waals surface area contributed by atoms with Crippen molar-refractivity contribution < 1.29 is 43.2 Å². The van der Waals surface area contributed by atoms with Gasteiger partial charge in [-0.1, -0.05) is 91.0 Å². The first-order valence-corrected chi connectivity index (χ1v) is 34.5. The lowest BCUT2D eigenvalue weighted by molar-refractivity contribution is -0.137. The number of benzene rings is 10. The van der Waals surface area contributed by atoms with Crippen LogP contribution in [0.1, 0.15) is 91.6 Å². The Morgan fingerprint density at radius 2 is 0.616 bits per heavy atom. The molecule has 1 aliphatic rings. The molecule has 10 aromatic rings. The Hall–Kier alpha value is -14.1. The molecule has 10 aromatic carbocycles. The number of anilines is 9. The van der Waals surface area contributed by atoms with Gasteiger partial charge in [0.1, 0.15) is 6.42 Å². The first kappa shape index (κ1) is 88.5. The zero-order chi connectivity index (χ0) is 82.1. The van der Waals surface area contributed by atoms with Crippen molar-refractivity contribution in [3.63, 3.8) is 0 Å². The molecule has 0 radical (unpaired) electrons. The van der Waals surface area contributed by atoms with Crippen LogP contribution in [0.3, 0.4) is 0 Å². The molecule has 7 amide bonds. The van der Waals surface area contributed by atoms with E-state index >= 15 is 0 Å². The van der Waals surface area contributed by atoms with Gasteiger partial charge in [0.15, 0.2) is 5.78 Å². The summed E-state index contributed by atoms with van der Waals surface area (Å²) in [6.07, 6.45) is 2.47. The van der Waals surface area contributed by atoms with Crippen molar-refractivity contribution in [3.05, 3.63) is 304 Å². The molecule has 11 rings (SSSR count). The number of carbonyl (C=O) groups is 9. The van der Waals surface area contributed by atoms with Crippen LogP contribution in [0.4, 0.5) is 51.2 Å². The van der Waals surface area contributed by atoms with Crippen LogP contribution in [0.5, 0.6) is 0 Å². The highest BCUT2D eigenvalue weighted by Crippen LogP contribution is 2.24. The highest BCUT2D eigenvalue weighted by atomic mass is 16.2. The summed E-state index contributed by atoms with van der Waals surface area (Å²) in [7, 11) is 1.73. The van der Waals surface area contributed by atoms with Crippen LogP contribution in [0.25, 0.3) is 0 Å². The molecule has 1 saturated heterocycles. The van der Waals surface area contributed by atoms with Crippen LogP contribution in [-0.2, 0) is 38.4 Å². The Labute approximate surface area is 648 Å². The number of hydrogen-bond donors (Lipinski definition) is 20. The van der Waals surface area contributed by atoms with E-state index in [0.29, 0.717) is 39.2 Å². The maximum absolute atomic E-state index is 12.2. The fourth-order valence-electron chi connectivity index (χ4n) is 10.2. The van der Waals surface area contributed by atoms with Gasteiger partial charge < -0.3 is 60.6 Å². The van der Waals surface area contributed by atoms with Gasteiger partial charge in [-0.2, -0.15) is 0 Å². The van der Waals surface area contributed by atoms with Crippen molar-refractivity contribution >= 4 is 104 Å². The summed E-state index contributed by atoms with van der Waals surface area (Å²) in [5.41, 5.74) is 73.1. The van der Waals surface area contributed by atoms with E-state index in [0.717, 1.165) is 73.9 Å². The van der Waals surface area contributed by atoms with Crippen molar-refractivity contribution in [3.8, 4) is 0 Å². The molecule has 0 saturated carbocycles. The number of Topliss-reactive ketones (excluding diaryl/α,β-unsaturated/α-hetero) is 2. The van der Waals surface area contributed by atoms with Crippen LogP contribution in [0, 0.1) is 0 Å². The molecule has 586 valence electrons. The van der Waals surface area contributed by atoms with E-state index in [2.05, 4.69) is 124 Å². The molecular weight excluding hydrogens is 1430 g/mol. The lowest BCUT2D eigenvalue weighted by atomic mass is 9.98. The Morgan fingerprint density at radius 1 is 0.330 bits per heavy atom. The number of ketones is 2. The van der Waals surface area contributed by atoms with Gasteiger partial charge in [-0.15, -0.1) is 0 Å². The number of rotatable bonds is 19. The second kappa shape index (κ2) is 46.9. The van der Waals surface area contributed by atoms with Crippen molar-refractivity contribution in [2.24, 2.45) is 46.5 Å². The second-order valence-electron chi connectivity index (χ2n) is 24.5. The largest absolute Gasteiger partial charge is 0.399 e. The summed E-state index contributed by atoms with van der Waals surface area (Å²) in [6, 6.07) is 76.4. The van der Waals surface area contributed by atoms with Gasteiger partial charge in [0.2, 0.25) is 17.6 Å². The summed E-state index contributed by atoms with van der Waals surface area (Å²) in [5, 5.41) is 0. The number of hydrogen-bond acceptors (Lipinski definition) is 25. The fraction of sp³-hybridized carbons (Fsp3) is 0.138. The van der Waals surface area contributed by atoms with E-state index in [4.69, 9.17) is 63.4 Å². The van der Waals surface area contributed by atoms with E-state index in [-0.39, 0.29) is 31.2 Å². The number of carbonyl (C=O) groups excluding carboxylic acids is 9. The summed E-state index contributed by atoms with van der Waals surface area (Å²) < 4.78 is 0. The maximum atomic E-state index is 12.2. The molecule has 0 spiro atoms. The smallest absolute Gasteiger partial charge is 0.302 e. The third-order valence-corrected chi connectivity index (χ3v) is 16.4. The first-order chi connectivity index (χ1) is 53.7. The van der Waals surface area contributed by atoms with Gasteiger partial charge in [-0.05, 0) is 204 Å². The lowest BCUT2D eigenvalue weighted by Crippen LogP contribution is -2.46. The van der Waals surface area contributed by atoms with E-state index < -0.39 is 41.2 Å². The van der Waals surface area contributed by atoms with Gasteiger partial charge in [-0.3, -0.25) is 75.7 Å². The highest BCUT2D eigenvalue weighted by Gasteiger charge is 2.19. The quantitative estimate of drug-likeness (QED) is 0.0105. The zero-order valence-electron chi connectivity index (χ0n) is 61.8. The summed E-state index contributed by atoms with van der Waals surface area (Å²) in [4.78, 5) is 104. The highest BCUT2D eigenvalue weighted by molar-refractivity contribution is 6.36. The number of nitrogens with two attached hydrogens (primary N) is 14. The van der Waals surface area contributed by atoms with Gasteiger partial charge in [0, 0.05) is 112 Å². The molecule has 1 fully saturated rings. The second-order valence-corrected chi connectivity index (χ2v) is 24.5. The molecule has 1 aliphatic heterocycles. The minimum Gasteiger partial charge on any atom is -0.399 e.